The summed E-state index contributed by atoms with van der Waals surface area (Å²) in [4.78, 5) is 0. The Bertz CT molecular complexity index is 235. The SMILES string of the molecule is C1=Cn2nccc2CC1. The van der Waals surface area contributed by atoms with Gasteiger partial charge in [0.05, 0.1) is 0 Å². The largest absolute Gasteiger partial charge is 0.245 e. The summed E-state index contributed by atoms with van der Waals surface area (Å²) in [6.07, 6.45) is 8.28. The Morgan fingerprint density at radius 3 is 3.44 bits per heavy atom. The number of hydrogen-bond acceptors (Lipinski definition) is 1. The molecule has 1 aliphatic heterocycles. The van der Waals surface area contributed by atoms with Crippen molar-refractivity contribution < 1.29 is 0 Å². The smallest absolute Gasteiger partial charge is 0.0496 e. The molecule has 0 aromatic carbocycles. The van der Waals surface area contributed by atoms with Crippen LogP contribution in [0.2, 0.25) is 0 Å². The third kappa shape index (κ3) is 0.669. The molecule has 0 fully saturated rings. The van der Waals surface area contributed by atoms with E-state index in [1.54, 1.807) is 0 Å². The summed E-state index contributed by atoms with van der Waals surface area (Å²) in [6, 6.07) is 2.06. The van der Waals surface area contributed by atoms with Gasteiger partial charge in [0.15, 0.2) is 0 Å². The zero-order valence-electron chi connectivity index (χ0n) is 5.12. The zero-order chi connectivity index (χ0) is 6.10. The number of nitrogens with zero attached hydrogens (tertiary/aromatic N) is 2. The third-order valence-electron chi connectivity index (χ3n) is 1.57. The van der Waals surface area contributed by atoms with Crippen LogP contribution in [0.5, 0.6) is 0 Å². The number of hydrogen-bond donors (Lipinski definition) is 0. The maximum atomic E-state index is 4.09. The minimum atomic E-state index is 1.14. The van der Waals surface area contributed by atoms with E-state index in [9.17, 15) is 0 Å². The molecular formula is C7H8N2. The highest BCUT2D eigenvalue weighted by Gasteiger charge is 2.00. The van der Waals surface area contributed by atoms with E-state index in [1.807, 2.05) is 17.1 Å². The third-order valence-corrected chi connectivity index (χ3v) is 1.57. The molecule has 0 unspecified atom stereocenters. The van der Waals surface area contributed by atoms with Gasteiger partial charge in [-0.3, -0.25) is 0 Å². The summed E-state index contributed by atoms with van der Waals surface area (Å²) < 4.78 is 1.92. The van der Waals surface area contributed by atoms with E-state index in [4.69, 9.17) is 0 Å². The fourth-order valence-electron chi connectivity index (χ4n) is 1.08. The summed E-state index contributed by atoms with van der Waals surface area (Å²) in [5.41, 5.74) is 1.32. The predicted octanol–water partition coefficient (Wildman–Crippen LogP) is 1.30. The Kier molecular flexibility index (Phi) is 0.918. The Hall–Kier alpha value is -1.05. The monoisotopic (exact) mass is 120 g/mol. The first-order chi connectivity index (χ1) is 4.47. The summed E-state index contributed by atoms with van der Waals surface area (Å²) in [5.74, 6) is 0. The molecule has 0 radical (unpaired) electrons. The van der Waals surface area contributed by atoms with Crippen molar-refractivity contribution in [1.82, 2.24) is 9.78 Å². The van der Waals surface area contributed by atoms with Crippen LogP contribution in [0.3, 0.4) is 0 Å². The van der Waals surface area contributed by atoms with Crippen LogP contribution >= 0.6 is 0 Å². The topological polar surface area (TPSA) is 17.8 Å². The molecule has 1 aromatic rings. The van der Waals surface area contributed by atoms with Crippen LogP contribution in [-0.2, 0) is 6.42 Å². The first kappa shape index (κ1) is 4.79. The zero-order valence-corrected chi connectivity index (χ0v) is 5.12. The Labute approximate surface area is 53.8 Å². The number of allylic oxidation sites excluding steroid dienone is 1. The van der Waals surface area contributed by atoms with E-state index >= 15 is 0 Å². The fourth-order valence-corrected chi connectivity index (χ4v) is 1.08. The van der Waals surface area contributed by atoms with Crippen molar-refractivity contribution in [2.45, 2.75) is 12.8 Å². The first-order valence-corrected chi connectivity index (χ1v) is 3.16. The lowest BCUT2D eigenvalue weighted by Gasteiger charge is -2.04. The van der Waals surface area contributed by atoms with E-state index in [2.05, 4.69) is 17.2 Å². The Balaban J connectivity index is 2.53. The second-order valence-electron chi connectivity index (χ2n) is 2.19. The molecule has 0 saturated carbocycles. The standard InChI is InChI=1S/C7H8N2/c1-2-6-9-7(3-1)4-5-8-9/h2,4-6H,1,3H2. The highest BCUT2D eigenvalue weighted by molar-refractivity contribution is 5.28. The molecule has 2 rings (SSSR count). The molecule has 0 bridgehead atoms. The summed E-state index contributed by atoms with van der Waals surface area (Å²) in [7, 11) is 0. The summed E-state index contributed by atoms with van der Waals surface area (Å²) in [6.45, 7) is 0. The van der Waals surface area contributed by atoms with Gasteiger partial charge in [0.2, 0.25) is 0 Å². The molecule has 0 atom stereocenters. The van der Waals surface area contributed by atoms with Crippen LogP contribution in [-0.4, -0.2) is 9.78 Å². The average molecular weight is 120 g/mol. The lowest BCUT2D eigenvalue weighted by molar-refractivity contribution is 0.800. The Morgan fingerprint density at radius 1 is 1.56 bits per heavy atom. The van der Waals surface area contributed by atoms with Gasteiger partial charge in [-0.15, -0.1) is 0 Å². The van der Waals surface area contributed by atoms with Crippen LogP contribution in [0.1, 0.15) is 12.1 Å². The number of aryl methyl sites for hydroxylation is 1. The van der Waals surface area contributed by atoms with Crippen LogP contribution in [0.25, 0.3) is 6.20 Å². The van der Waals surface area contributed by atoms with Gasteiger partial charge < -0.3 is 0 Å². The molecule has 9 heavy (non-hydrogen) atoms. The summed E-state index contributed by atoms with van der Waals surface area (Å²) in [5, 5.41) is 4.09. The lowest BCUT2D eigenvalue weighted by atomic mass is 10.2. The van der Waals surface area contributed by atoms with Crippen LogP contribution < -0.4 is 0 Å². The van der Waals surface area contributed by atoms with Gasteiger partial charge in [0.25, 0.3) is 0 Å². The van der Waals surface area contributed by atoms with E-state index in [0.29, 0.717) is 0 Å². The van der Waals surface area contributed by atoms with Crippen molar-refractivity contribution >= 4 is 6.20 Å². The molecule has 2 nitrogen and oxygen atoms in total. The fraction of sp³-hybridized carbons (Fsp3) is 0.286. The van der Waals surface area contributed by atoms with Crippen molar-refractivity contribution in [3.63, 3.8) is 0 Å². The molecule has 0 saturated heterocycles. The van der Waals surface area contributed by atoms with Crippen LogP contribution in [0.4, 0.5) is 0 Å². The minimum absolute atomic E-state index is 1.14. The van der Waals surface area contributed by atoms with Gasteiger partial charge in [-0.05, 0) is 18.9 Å². The molecule has 2 heterocycles. The Morgan fingerprint density at radius 2 is 2.56 bits per heavy atom. The van der Waals surface area contributed by atoms with Gasteiger partial charge in [0, 0.05) is 18.1 Å². The lowest BCUT2D eigenvalue weighted by Crippen LogP contribution is -2.00. The van der Waals surface area contributed by atoms with Gasteiger partial charge in [-0.25, -0.2) is 4.68 Å². The van der Waals surface area contributed by atoms with E-state index < -0.39 is 0 Å². The maximum Gasteiger partial charge on any atom is 0.0496 e. The van der Waals surface area contributed by atoms with E-state index in [0.717, 1.165) is 12.8 Å². The highest BCUT2D eigenvalue weighted by atomic mass is 15.3. The van der Waals surface area contributed by atoms with Crippen LogP contribution in [0, 0.1) is 0 Å². The van der Waals surface area contributed by atoms with Gasteiger partial charge >= 0.3 is 0 Å². The summed E-state index contributed by atoms with van der Waals surface area (Å²) >= 11 is 0. The van der Waals surface area contributed by atoms with E-state index in [1.165, 1.54) is 5.69 Å². The maximum absolute atomic E-state index is 4.09. The molecule has 1 aliphatic rings. The highest BCUT2D eigenvalue weighted by Crippen LogP contribution is 2.08. The van der Waals surface area contributed by atoms with Crippen molar-refractivity contribution in [2.75, 3.05) is 0 Å². The van der Waals surface area contributed by atoms with Crippen molar-refractivity contribution in [3.8, 4) is 0 Å². The minimum Gasteiger partial charge on any atom is -0.245 e. The van der Waals surface area contributed by atoms with Crippen molar-refractivity contribution in [1.29, 1.82) is 0 Å². The van der Waals surface area contributed by atoms with Gasteiger partial charge in [-0.2, -0.15) is 5.10 Å². The quantitative estimate of drug-likeness (QED) is 0.504. The molecule has 0 N–H and O–H groups in total. The number of rotatable bonds is 0. The molecule has 46 valence electrons. The van der Waals surface area contributed by atoms with Gasteiger partial charge in [0.1, 0.15) is 0 Å². The molecule has 0 amide bonds. The molecule has 2 heteroatoms. The molecular weight excluding hydrogens is 112 g/mol. The molecule has 1 aromatic heterocycles. The van der Waals surface area contributed by atoms with Crippen molar-refractivity contribution in [2.24, 2.45) is 0 Å². The number of aromatic nitrogens is 2. The van der Waals surface area contributed by atoms with Crippen molar-refractivity contribution in [3.05, 3.63) is 24.0 Å². The predicted molar refractivity (Wildman–Crippen MR) is 35.9 cm³/mol. The van der Waals surface area contributed by atoms with E-state index in [-0.39, 0.29) is 0 Å². The molecule has 0 aliphatic carbocycles. The van der Waals surface area contributed by atoms with Gasteiger partial charge in [-0.1, -0.05) is 6.08 Å². The second kappa shape index (κ2) is 1.72. The second-order valence-corrected chi connectivity index (χ2v) is 2.19. The average Bonchev–Trinajstić information content (AvgIpc) is 2.33. The normalized spacial score (nSPS) is 15.6. The molecule has 0 spiro atoms. The first-order valence-electron chi connectivity index (χ1n) is 3.16. The number of fused-ring (bicyclic) bond motifs is 1. The van der Waals surface area contributed by atoms with Crippen LogP contribution in [0.15, 0.2) is 18.3 Å².